The number of hydrogen-bond donors (Lipinski definition) is 1. The Kier molecular flexibility index (Phi) is 5.84. The van der Waals surface area contributed by atoms with Crippen molar-refractivity contribution in [2.24, 2.45) is 5.92 Å². The monoisotopic (exact) mass is 255 g/mol. The van der Waals surface area contributed by atoms with E-state index in [9.17, 15) is 4.79 Å². The molecule has 0 bridgehead atoms. The van der Waals surface area contributed by atoms with Crippen molar-refractivity contribution in [1.29, 1.82) is 0 Å². The minimum Gasteiger partial charge on any atom is -0.482 e. The Morgan fingerprint density at radius 2 is 2.12 bits per heavy atom. The van der Waals surface area contributed by atoms with Crippen LogP contribution in [0.5, 0.6) is 5.75 Å². The Balaban J connectivity index is 2.26. The number of carbonyl (C=O) groups excluding carboxylic acids is 1. The highest BCUT2D eigenvalue weighted by atomic mass is 35.5. The predicted molar refractivity (Wildman–Crippen MR) is 69.4 cm³/mol. The molecule has 4 heteroatoms. The number of nitrogens with one attached hydrogen (secondary N) is 1. The highest BCUT2D eigenvalue weighted by Gasteiger charge is 2.04. The molecule has 0 aliphatic heterocycles. The SMILES string of the molecule is CC(C)CCNC(=O)COc1ccccc1Cl. The smallest absolute Gasteiger partial charge is 0.257 e. The molecule has 1 amide bonds. The number of ether oxygens (including phenoxy) is 1. The summed E-state index contributed by atoms with van der Waals surface area (Å²) in [5.41, 5.74) is 0. The lowest BCUT2D eigenvalue weighted by atomic mass is 10.1. The van der Waals surface area contributed by atoms with Gasteiger partial charge >= 0.3 is 0 Å². The van der Waals surface area contributed by atoms with E-state index >= 15 is 0 Å². The Bertz CT molecular complexity index is 366. The van der Waals surface area contributed by atoms with Crippen LogP contribution in [0.25, 0.3) is 0 Å². The summed E-state index contributed by atoms with van der Waals surface area (Å²) in [5, 5.41) is 3.31. The van der Waals surface area contributed by atoms with E-state index in [1.54, 1.807) is 12.1 Å². The lowest BCUT2D eigenvalue weighted by molar-refractivity contribution is -0.123. The van der Waals surface area contributed by atoms with Gasteiger partial charge in [-0.15, -0.1) is 0 Å². The molecule has 0 radical (unpaired) electrons. The summed E-state index contributed by atoms with van der Waals surface area (Å²) in [7, 11) is 0. The number of hydrogen-bond acceptors (Lipinski definition) is 2. The van der Waals surface area contributed by atoms with E-state index < -0.39 is 0 Å². The van der Waals surface area contributed by atoms with Gasteiger partial charge in [-0.25, -0.2) is 0 Å². The van der Waals surface area contributed by atoms with Gasteiger partial charge in [-0.1, -0.05) is 37.6 Å². The van der Waals surface area contributed by atoms with Gasteiger partial charge in [0.2, 0.25) is 0 Å². The van der Waals surface area contributed by atoms with Gasteiger partial charge in [0.1, 0.15) is 5.75 Å². The summed E-state index contributed by atoms with van der Waals surface area (Å²) in [6.07, 6.45) is 0.970. The van der Waals surface area contributed by atoms with Gasteiger partial charge < -0.3 is 10.1 Å². The maximum atomic E-state index is 11.4. The van der Waals surface area contributed by atoms with Gasteiger partial charge in [-0.2, -0.15) is 0 Å². The van der Waals surface area contributed by atoms with Crippen molar-refractivity contribution >= 4 is 17.5 Å². The molecule has 94 valence electrons. The second kappa shape index (κ2) is 7.17. The number of halogens is 1. The first kappa shape index (κ1) is 13.8. The molecular weight excluding hydrogens is 238 g/mol. The van der Waals surface area contributed by atoms with E-state index in [1.165, 1.54) is 0 Å². The summed E-state index contributed by atoms with van der Waals surface area (Å²) in [6, 6.07) is 7.10. The summed E-state index contributed by atoms with van der Waals surface area (Å²) in [5.74, 6) is 0.999. The third kappa shape index (κ3) is 5.59. The number of para-hydroxylation sites is 1. The van der Waals surface area contributed by atoms with Crippen molar-refractivity contribution in [2.75, 3.05) is 13.2 Å². The largest absolute Gasteiger partial charge is 0.482 e. The van der Waals surface area contributed by atoms with Crippen molar-refractivity contribution in [1.82, 2.24) is 5.32 Å². The van der Waals surface area contributed by atoms with Gasteiger partial charge in [0.25, 0.3) is 5.91 Å². The Labute approximate surface area is 107 Å². The van der Waals surface area contributed by atoms with Crippen LogP contribution in [0, 0.1) is 5.92 Å². The molecule has 3 nitrogen and oxygen atoms in total. The zero-order valence-corrected chi connectivity index (χ0v) is 11.0. The fraction of sp³-hybridized carbons (Fsp3) is 0.462. The summed E-state index contributed by atoms with van der Waals surface area (Å²) < 4.78 is 5.31. The number of rotatable bonds is 6. The summed E-state index contributed by atoms with van der Waals surface area (Å²) >= 11 is 5.90. The minimum atomic E-state index is -0.120. The maximum absolute atomic E-state index is 11.4. The molecule has 0 saturated heterocycles. The van der Waals surface area contributed by atoms with Crippen molar-refractivity contribution in [3.8, 4) is 5.75 Å². The molecule has 0 saturated carbocycles. The van der Waals surface area contributed by atoms with E-state index in [0.29, 0.717) is 23.2 Å². The van der Waals surface area contributed by atoms with Crippen molar-refractivity contribution in [3.63, 3.8) is 0 Å². The van der Waals surface area contributed by atoms with Crippen LogP contribution in [-0.2, 0) is 4.79 Å². The first-order valence-corrected chi connectivity index (χ1v) is 6.11. The van der Waals surface area contributed by atoms with Gasteiger partial charge in [-0.3, -0.25) is 4.79 Å². The van der Waals surface area contributed by atoms with E-state index in [-0.39, 0.29) is 12.5 Å². The Morgan fingerprint density at radius 3 is 2.76 bits per heavy atom. The first-order valence-electron chi connectivity index (χ1n) is 5.73. The van der Waals surface area contributed by atoms with Crippen LogP contribution in [0.15, 0.2) is 24.3 Å². The zero-order valence-electron chi connectivity index (χ0n) is 10.2. The van der Waals surface area contributed by atoms with E-state index in [4.69, 9.17) is 16.3 Å². The van der Waals surface area contributed by atoms with Crippen LogP contribution in [0.2, 0.25) is 5.02 Å². The van der Waals surface area contributed by atoms with Crippen LogP contribution in [0.4, 0.5) is 0 Å². The van der Waals surface area contributed by atoms with E-state index in [2.05, 4.69) is 19.2 Å². The highest BCUT2D eigenvalue weighted by molar-refractivity contribution is 6.32. The third-order valence-corrected chi connectivity index (χ3v) is 2.55. The molecule has 0 fully saturated rings. The second-order valence-corrected chi connectivity index (χ2v) is 4.66. The third-order valence-electron chi connectivity index (χ3n) is 2.24. The number of amides is 1. The van der Waals surface area contributed by atoms with E-state index in [0.717, 1.165) is 6.42 Å². The standard InChI is InChI=1S/C13H18ClNO2/c1-10(2)7-8-15-13(16)9-17-12-6-4-3-5-11(12)14/h3-6,10H,7-9H2,1-2H3,(H,15,16). The maximum Gasteiger partial charge on any atom is 0.257 e. The molecule has 0 aromatic heterocycles. The van der Waals surface area contributed by atoms with Crippen molar-refractivity contribution in [3.05, 3.63) is 29.3 Å². The van der Waals surface area contributed by atoms with Crippen LogP contribution in [0.3, 0.4) is 0 Å². The normalized spacial score (nSPS) is 10.4. The molecule has 0 heterocycles. The molecule has 0 unspecified atom stereocenters. The molecule has 1 aromatic rings. The molecule has 0 aliphatic carbocycles. The zero-order chi connectivity index (χ0) is 12.7. The van der Waals surface area contributed by atoms with Crippen molar-refractivity contribution < 1.29 is 9.53 Å². The summed E-state index contributed by atoms with van der Waals surface area (Å²) in [6.45, 7) is 4.92. The van der Waals surface area contributed by atoms with E-state index in [1.807, 2.05) is 12.1 Å². The molecular formula is C13H18ClNO2. The van der Waals surface area contributed by atoms with Crippen molar-refractivity contribution in [2.45, 2.75) is 20.3 Å². The van der Waals surface area contributed by atoms with Crippen LogP contribution < -0.4 is 10.1 Å². The molecule has 17 heavy (non-hydrogen) atoms. The minimum absolute atomic E-state index is 0.00181. The lowest BCUT2D eigenvalue weighted by Crippen LogP contribution is -2.30. The molecule has 0 atom stereocenters. The van der Waals surface area contributed by atoms with Gasteiger partial charge in [0, 0.05) is 6.54 Å². The molecule has 1 rings (SSSR count). The summed E-state index contributed by atoms with van der Waals surface area (Å²) in [4.78, 5) is 11.4. The predicted octanol–water partition coefficient (Wildman–Crippen LogP) is 2.88. The highest BCUT2D eigenvalue weighted by Crippen LogP contribution is 2.22. The fourth-order valence-electron chi connectivity index (χ4n) is 1.26. The molecule has 1 N–H and O–H groups in total. The quantitative estimate of drug-likeness (QED) is 0.849. The second-order valence-electron chi connectivity index (χ2n) is 4.25. The lowest BCUT2D eigenvalue weighted by Gasteiger charge is -2.09. The number of benzene rings is 1. The fourth-order valence-corrected chi connectivity index (χ4v) is 1.45. The number of carbonyl (C=O) groups is 1. The molecule has 1 aromatic carbocycles. The van der Waals surface area contributed by atoms with Gasteiger partial charge in [0.05, 0.1) is 5.02 Å². The van der Waals surface area contributed by atoms with Gasteiger partial charge in [-0.05, 0) is 24.5 Å². The van der Waals surface area contributed by atoms with Crippen LogP contribution in [-0.4, -0.2) is 19.1 Å². The van der Waals surface area contributed by atoms with Gasteiger partial charge in [0.15, 0.2) is 6.61 Å². The van der Waals surface area contributed by atoms with Crippen LogP contribution >= 0.6 is 11.6 Å². The van der Waals surface area contributed by atoms with Crippen LogP contribution in [0.1, 0.15) is 20.3 Å². The average molecular weight is 256 g/mol. The first-order chi connectivity index (χ1) is 8.09. The topological polar surface area (TPSA) is 38.3 Å². The molecule has 0 spiro atoms. The Morgan fingerprint density at radius 1 is 1.41 bits per heavy atom. The Hall–Kier alpha value is -1.22. The average Bonchev–Trinajstić information content (AvgIpc) is 2.27. The molecule has 0 aliphatic rings.